The summed E-state index contributed by atoms with van der Waals surface area (Å²) in [5.74, 6) is 0. The standard InChI is InChI=1S/C10H16N2O2S.ClH/c1-9(8-11)12(2)15(13,14)10-6-4-3-5-7-10;/h3-7,9H,8,11H2,1-2H3;1H. The van der Waals surface area contributed by atoms with Crippen molar-refractivity contribution in [2.75, 3.05) is 13.6 Å². The number of sulfonamides is 1. The Labute approximate surface area is 103 Å². The predicted octanol–water partition coefficient (Wildman–Crippen LogP) is 1.08. The Morgan fingerprint density at radius 3 is 2.25 bits per heavy atom. The summed E-state index contributed by atoms with van der Waals surface area (Å²) in [4.78, 5) is 0.299. The summed E-state index contributed by atoms with van der Waals surface area (Å²) in [6.45, 7) is 2.09. The third-order valence-corrected chi connectivity index (χ3v) is 4.37. The smallest absolute Gasteiger partial charge is 0.243 e. The average Bonchev–Trinajstić information content (AvgIpc) is 2.28. The zero-order valence-corrected chi connectivity index (χ0v) is 11.0. The molecule has 0 aromatic heterocycles. The molecule has 0 radical (unpaired) electrons. The Balaban J connectivity index is 0.00000225. The molecule has 6 heteroatoms. The molecule has 0 saturated carbocycles. The maximum absolute atomic E-state index is 12.0. The molecular weight excluding hydrogens is 248 g/mol. The summed E-state index contributed by atoms with van der Waals surface area (Å²) in [5, 5.41) is 0. The van der Waals surface area contributed by atoms with E-state index in [9.17, 15) is 8.42 Å². The van der Waals surface area contributed by atoms with Gasteiger partial charge in [0.25, 0.3) is 0 Å². The molecule has 1 atom stereocenters. The third kappa shape index (κ3) is 3.18. The number of benzene rings is 1. The summed E-state index contributed by atoms with van der Waals surface area (Å²) in [6.07, 6.45) is 0. The van der Waals surface area contributed by atoms with Gasteiger partial charge in [-0.2, -0.15) is 4.31 Å². The minimum absolute atomic E-state index is 0. The number of likely N-dealkylation sites (N-methyl/N-ethyl adjacent to an activating group) is 1. The van der Waals surface area contributed by atoms with E-state index in [1.807, 2.05) is 0 Å². The van der Waals surface area contributed by atoms with Crippen LogP contribution < -0.4 is 5.73 Å². The van der Waals surface area contributed by atoms with E-state index < -0.39 is 10.0 Å². The summed E-state index contributed by atoms with van der Waals surface area (Å²) < 4.78 is 25.3. The van der Waals surface area contributed by atoms with Crippen LogP contribution in [0.15, 0.2) is 35.2 Å². The molecule has 0 fully saturated rings. The van der Waals surface area contributed by atoms with E-state index in [1.54, 1.807) is 44.3 Å². The number of halogens is 1. The molecular formula is C10H17ClN2O2S. The molecule has 1 unspecified atom stereocenters. The Morgan fingerprint density at radius 2 is 1.81 bits per heavy atom. The number of nitrogens with two attached hydrogens (primary N) is 1. The van der Waals surface area contributed by atoms with Crippen molar-refractivity contribution in [1.29, 1.82) is 0 Å². The first-order chi connectivity index (χ1) is 7.00. The van der Waals surface area contributed by atoms with E-state index in [0.29, 0.717) is 11.4 Å². The highest BCUT2D eigenvalue weighted by molar-refractivity contribution is 7.89. The lowest BCUT2D eigenvalue weighted by molar-refractivity contribution is 0.394. The maximum Gasteiger partial charge on any atom is 0.243 e. The van der Waals surface area contributed by atoms with E-state index in [1.165, 1.54) is 4.31 Å². The van der Waals surface area contributed by atoms with Gasteiger partial charge in [-0.25, -0.2) is 8.42 Å². The molecule has 92 valence electrons. The highest BCUT2D eigenvalue weighted by Crippen LogP contribution is 2.15. The molecule has 1 rings (SSSR count). The fourth-order valence-electron chi connectivity index (χ4n) is 1.14. The van der Waals surface area contributed by atoms with Crippen molar-refractivity contribution in [2.45, 2.75) is 17.9 Å². The first kappa shape index (κ1) is 15.4. The van der Waals surface area contributed by atoms with Gasteiger partial charge in [0.05, 0.1) is 4.90 Å². The lowest BCUT2D eigenvalue weighted by Crippen LogP contribution is -2.39. The van der Waals surface area contributed by atoms with Gasteiger partial charge in [0.15, 0.2) is 0 Å². The molecule has 0 saturated heterocycles. The molecule has 0 bridgehead atoms. The highest BCUT2D eigenvalue weighted by Gasteiger charge is 2.23. The number of rotatable bonds is 4. The van der Waals surface area contributed by atoms with Gasteiger partial charge in [0, 0.05) is 19.6 Å². The largest absolute Gasteiger partial charge is 0.329 e. The normalized spacial score (nSPS) is 13.2. The Kier molecular flexibility index (Phi) is 5.96. The van der Waals surface area contributed by atoms with Crippen molar-refractivity contribution in [1.82, 2.24) is 4.31 Å². The molecule has 4 nitrogen and oxygen atoms in total. The van der Waals surface area contributed by atoms with E-state index in [-0.39, 0.29) is 18.4 Å². The summed E-state index contributed by atoms with van der Waals surface area (Å²) >= 11 is 0. The van der Waals surface area contributed by atoms with Crippen molar-refractivity contribution in [3.63, 3.8) is 0 Å². The summed E-state index contributed by atoms with van der Waals surface area (Å²) in [6, 6.07) is 8.15. The van der Waals surface area contributed by atoms with E-state index >= 15 is 0 Å². The molecule has 16 heavy (non-hydrogen) atoms. The first-order valence-corrected chi connectivity index (χ1v) is 6.17. The van der Waals surface area contributed by atoms with Crippen molar-refractivity contribution in [3.8, 4) is 0 Å². The van der Waals surface area contributed by atoms with Crippen LogP contribution in [-0.2, 0) is 10.0 Å². The predicted molar refractivity (Wildman–Crippen MR) is 67.2 cm³/mol. The topological polar surface area (TPSA) is 63.4 Å². The lowest BCUT2D eigenvalue weighted by Gasteiger charge is -2.22. The van der Waals surface area contributed by atoms with Crippen LogP contribution in [0.3, 0.4) is 0 Å². The van der Waals surface area contributed by atoms with Crippen molar-refractivity contribution in [3.05, 3.63) is 30.3 Å². The highest BCUT2D eigenvalue weighted by atomic mass is 35.5. The van der Waals surface area contributed by atoms with Crippen molar-refractivity contribution in [2.24, 2.45) is 5.73 Å². The van der Waals surface area contributed by atoms with E-state index in [2.05, 4.69) is 0 Å². The number of nitrogens with zero attached hydrogens (tertiary/aromatic N) is 1. The second kappa shape index (κ2) is 6.20. The lowest BCUT2D eigenvalue weighted by atomic mass is 10.4. The van der Waals surface area contributed by atoms with Gasteiger partial charge in [-0.3, -0.25) is 0 Å². The molecule has 2 N–H and O–H groups in total. The second-order valence-electron chi connectivity index (χ2n) is 3.42. The van der Waals surface area contributed by atoms with Crippen LogP contribution in [0.5, 0.6) is 0 Å². The zero-order chi connectivity index (χ0) is 11.5. The van der Waals surface area contributed by atoms with Crippen LogP contribution >= 0.6 is 12.4 Å². The molecule has 1 aromatic carbocycles. The zero-order valence-electron chi connectivity index (χ0n) is 9.33. The second-order valence-corrected chi connectivity index (χ2v) is 5.42. The molecule has 1 aromatic rings. The van der Waals surface area contributed by atoms with Gasteiger partial charge in [0.1, 0.15) is 0 Å². The molecule has 0 amide bonds. The van der Waals surface area contributed by atoms with Gasteiger partial charge in [0.2, 0.25) is 10.0 Å². The Hall–Kier alpha value is -0.620. The first-order valence-electron chi connectivity index (χ1n) is 4.73. The van der Waals surface area contributed by atoms with Crippen LogP contribution in [0, 0.1) is 0 Å². The summed E-state index contributed by atoms with van der Waals surface area (Å²) in [5.41, 5.74) is 5.44. The monoisotopic (exact) mass is 264 g/mol. The van der Waals surface area contributed by atoms with Crippen LogP contribution in [-0.4, -0.2) is 32.4 Å². The van der Waals surface area contributed by atoms with Gasteiger partial charge in [-0.05, 0) is 19.1 Å². The molecule has 0 aliphatic carbocycles. The Morgan fingerprint density at radius 1 is 1.31 bits per heavy atom. The molecule has 0 heterocycles. The quantitative estimate of drug-likeness (QED) is 0.885. The van der Waals surface area contributed by atoms with Crippen molar-refractivity contribution < 1.29 is 8.42 Å². The van der Waals surface area contributed by atoms with Gasteiger partial charge in [-0.1, -0.05) is 18.2 Å². The van der Waals surface area contributed by atoms with Gasteiger partial charge < -0.3 is 5.73 Å². The van der Waals surface area contributed by atoms with Gasteiger partial charge >= 0.3 is 0 Å². The third-order valence-electron chi connectivity index (χ3n) is 2.38. The molecule has 0 aliphatic heterocycles. The fourth-order valence-corrected chi connectivity index (χ4v) is 2.54. The van der Waals surface area contributed by atoms with E-state index in [4.69, 9.17) is 5.73 Å². The minimum Gasteiger partial charge on any atom is -0.329 e. The van der Waals surface area contributed by atoms with Crippen molar-refractivity contribution >= 4 is 22.4 Å². The molecule has 0 aliphatic rings. The average molecular weight is 265 g/mol. The number of hydrogen-bond acceptors (Lipinski definition) is 3. The minimum atomic E-state index is -3.40. The summed E-state index contributed by atoms with van der Waals surface area (Å²) in [7, 11) is -1.86. The van der Waals surface area contributed by atoms with Crippen LogP contribution in [0.4, 0.5) is 0 Å². The number of hydrogen-bond donors (Lipinski definition) is 1. The van der Waals surface area contributed by atoms with E-state index in [0.717, 1.165) is 0 Å². The van der Waals surface area contributed by atoms with Crippen LogP contribution in [0.25, 0.3) is 0 Å². The molecule has 0 spiro atoms. The SMILES string of the molecule is CC(CN)N(C)S(=O)(=O)c1ccccc1.Cl. The Bertz CT molecular complexity index is 408. The fraction of sp³-hybridized carbons (Fsp3) is 0.400. The van der Waals surface area contributed by atoms with Crippen LogP contribution in [0.1, 0.15) is 6.92 Å². The van der Waals surface area contributed by atoms with Crippen LogP contribution in [0.2, 0.25) is 0 Å². The maximum atomic E-state index is 12.0. The van der Waals surface area contributed by atoms with Gasteiger partial charge in [-0.15, -0.1) is 12.4 Å².